The largest absolute Gasteiger partial charge is 0.486 e. The fourth-order valence-electron chi connectivity index (χ4n) is 2.76. The van der Waals surface area contributed by atoms with Gasteiger partial charge in [0.2, 0.25) is 15.9 Å². The molecule has 2 aromatic carbocycles. The number of benzene rings is 2. The lowest BCUT2D eigenvalue weighted by atomic mass is 10.2. The fourth-order valence-corrected chi connectivity index (χ4v) is 3.94. The number of halogens is 1. The third-order valence-corrected chi connectivity index (χ3v) is 5.22. The maximum Gasteiger partial charge on any atom is 0.247 e. The first kappa shape index (κ1) is 19.0. The van der Waals surface area contributed by atoms with Crippen LogP contribution in [0.5, 0.6) is 11.5 Å². The van der Waals surface area contributed by atoms with Gasteiger partial charge in [-0.3, -0.25) is 9.10 Å². The van der Waals surface area contributed by atoms with E-state index in [9.17, 15) is 17.6 Å². The number of hydrogen-bond acceptors (Lipinski definition) is 5. The second kappa shape index (κ2) is 7.43. The van der Waals surface area contributed by atoms with Gasteiger partial charge in [-0.1, -0.05) is 0 Å². The zero-order chi connectivity index (χ0) is 19.6. The summed E-state index contributed by atoms with van der Waals surface area (Å²) in [7, 11) is -3.78. The van der Waals surface area contributed by atoms with Crippen molar-refractivity contribution >= 4 is 27.3 Å². The molecule has 0 unspecified atom stereocenters. The lowest BCUT2D eigenvalue weighted by molar-refractivity contribution is -0.116. The molecule has 1 N–H and O–H groups in total. The normalized spacial score (nSPS) is 14.3. The highest BCUT2D eigenvalue weighted by atomic mass is 32.2. The number of hydrogen-bond donors (Lipinski definition) is 1. The average molecular weight is 394 g/mol. The van der Waals surface area contributed by atoms with Crippen LogP contribution < -0.4 is 19.1 Å². The molecule has 1 atom stereocenters. The van der Waals surface area contributed by atoms with Crippen molar-refractivity contribution in [1.29, 1.82) is 0 Å². The molecule has 0 aromatic heterocycles. The molecule has 0 saturated heterocycles. The number of sulfonamides is 1. The minimum atomic E-state index is -3.78. The summed E-state index contributed by atoms with van der Waals surface area (Å²) in [6.45, 7) is 2.32. The highest BCUT2D eigenvalue weighted by Crippen LogP contribution is 2.32. The summed E-state index contributed by atoms with van der Waals surface area (Å²) in [6, 6.07) is 8.76. The highest BCUT2D eigenvalue weighted by molar-refractivity contribution is 7.92. The van der Waals surface area contributed by atoms with E-state index >= 15 is 0 Å². The smallest absolute Gasteiger partial charge is 0.247 e. The predicted molar refractivity (Wildman–Crippen MR) is 99.2 cm³/mol. The minimum absolute atomic E-state index is 0.198. The Labute approximate surface area is 156 Å². The molecule has 9 heteroatoms. The molecule has 0 aliphatic carbocycles. The minimum Gasteiger partial charge on any atom is -0.486 e. The van der Waals surface area contributed by atoms with Gasteiger partial charge >= 0.3 is 0 Å². The van der Waals surface area contributed by atoms with Crippen molar-refractivity contribution in [2.75, 3.05) is 29.1 Å². The van der Waals surface area contributed by atoms with Gasteiger partial charge in [0.15, 0.2) is 11.5 Å². The summed E-state index contributed by atoms with van der Waals surface area (Å²) in [5.74, 6) is 0.0450. The third kappa shape index (κ3) is 4.30. The third-order valence-electron chi connectivity index (χ3n) is 3.98. The number of carbonyl (C=O) groups is 1. The number of rotatable bonds is 5. The lowest BCUT2D eigenvalue weighted by Gasteiger charge is -2.28. The topological polar surface area (TPSA) is 84.9 Å². The molecule has 0 bridgehead atoms. The fraction of sp³-hybridized carbons (Fsp3) is 0.278. The van der Waals surface area contributed by atoms with Crippen LogP contribution in [0.1, 0.15) is 6.92 Å². The van der Waals surface area contributed by atoms with E-state index in [0.717, 1.165) is 22.7 Å². The van der Waals surface area contributed by atoms with E-state index in [0.29, 0.717) is 30.4 Å². The first-order valence-corrected chi connectivity index (χ1v) is 10.1. The summed E-state index contributed by atoms with van der Waals surface area (Å²) in [5.41, 5.74) is 0.646. The number of ether oxygens (including phenoxy) is 2. The summed E-state index contributed by atoms with van der Waals surface area (Å²) in [4.78, 5) is 12.6. The molecule has 1 aliphatic rings. The van der Waals surface area contributed by atoms with E-state index < -0.39 is 27.8 Å². The Morgan fingerprint density at radius 2 is 1.74 bits per heavy atom. The van der Waals surface area contributed by atoms with Crippen molar-refractivity contribution in [3.63, 3.8) is 0 Å². The first-order chi connectivity index (χ1) is 12.8. The summed E-state index contributed by atoms with van der Waals surface area (Å²) >= 11 is 0. The molecule has 3 rings (SSSR count). The van der Waals surface area contributed by atoms with Gasteiger partial charge in [0.05, 0.1) is 11.9 Å². The summed E-state index contributed by atoms with van der Waals surface area (Å²) < 4.78 is 49.4. The van der Waals surface area contributed by atoms with Crippen LogP contribution in [0.4, 0.5) is 15.8 Å². The van der Waals surface area contributed by atoms with Gasteiger partial charge < -0.3 is 14.8 Å². The molecule has 7 nitrogen and oxygen atoms in total. The molecular formula is C18H19FN2O5S. The van der Waals surface area contributed by atoms with Crippen LogP contribution in [0, 0.1) is 5.82 Å². The number of amides is 1. The maximum absolute atomic E-state index is 13.2. The van der Waals surface area contributed by atoms with Crippen molar-refractivity contribution in [2.45, 2.75) is 13.0 Å². The van der Waals surface area contributed by atoms with Crippen LogP contribution in [-0.2, 0) is 14.8 Å². The van der Waals surface area contributed by atoms with Crippen LogP contribution >= 0.6 is 0 Å². The standard InChI is InChI=1S/C18H19FN2O5S/c1-12(21(27(2,23)24)15-6-3-13(19)4-7-15)18(22)20-14-5-8-16-17(11-14)26-10-9-25-16/h3-8,11-12H,9-10H2,1-2H3,(H,20,22)/t12-/m0/s1. The monoisotopic (exact) mass is 394 g/mol. The van der Waals surface area contributed by atoms with Crippen LogP contribution in [0.25, 0.3) is 0 Å². The quantitative estimate of drug-likeness (QED) is 0.842. The van der Waals surface area contributed by atoms with Crippen molar-refractivity contribution in [3.05, 3.63) is 48.3 Å². The number of carbonyl (C=O) groups excluding carboxylic acids is 1. The Bertz CT molecular complexity index is 947. The van der Waals surface area contributed by atoms with Crippen LogP contribution in [0.15, 0.2) is 42.5 Å². The molecule has 0 fully saturated rings. The van der Waals surface area contributed by atoms with Gasteiger partial charge in [-0.15, -0.1) is 0 Å². The molecule has 1 amide bonds. The van der Waals surface area contributed by atoms with Crippen molar-refractivity contribution in [2.24, 2.45) is 0 Å². The van der Waals surface area contributed by atoms with E-state index in [-0.39, 0.29) is 5.69 Å². The number of nitrogens with zero attached hydrogens (tertiary/aromatic N) is 1. The van der Waals surface area contributed by atoms with Gasteiger partial charge in [-0.2, -0.15) is 0 Å². The van der Waals surface area contributed by atoms with Gasteiger partial charge in [-0.25, -0.2) is 12.8 Å². The molecule has 1 heterocycles. The molecule has 27 heavy (non-hydrogen) atoms. The molecule has 0 saturated carbocycles. The van der Waals surface area contributed by atoms with Crippen molar-refractivity contribution in [1.82, 2.24) is 0 Å². The average Bonchev–Trinajstić information content (AvgIpc) is 2.62. The van der Waals surface area contributed by atoms with E-state index in [1.54, 1.807) is 18.2 Å². The van der Waals surface area contributed by atoms with Gasteiger partial charge in [0, 0.05) is 11.8 Å². The Hall–Kier alpha value is -2.81. The summed E-state index contributed by atoms with van der Waals surface area (Å²) in [6.07, 6.45) is 0.990. The molecule has 1 aliphatic heterocycles. The molecule has 0 radical (unpaired) electrons. The number of anilines is 2. The highest BCUT2D eigenvalue weighted by Gasteiger charge is 2.29. The number of fused-ring (bicyclic) bond motifs is 1. The van der Waals surface area contributed by atoms with Gasteiger partial charge in [0.25, 0.3) is 0 Å². The zero-order valence-electron chi connectivity index (χ0n) is 14.8. The van der Waals surface area contributed by atoms with Crippen LogP contribution in [-0.4, -0.2) is 39.8 Å². The Morgan fingerprint density at radius 3 is 2.37 bits per heavy atom. The predicted octanol–water partition coefficient (Wildman–Crippen LogP) is 2.39. The van der Waals surface area contributed by atoms with E-state index in [4.69, 9.17) is 9.47 Å². The van der Waals surface area contributed by atoms with Crippen molar-refractivity contribution < 1.29 is 27.1 Å². The SMILES string of the molecule is C[C@@H](C(=O)Nc1ccc2c(c1)OCCO2)N(c1ccc(F)cc1)S(C)(=O)=O. The first-order valence-electron chi connectivity index (χ1n) is 8.21. The van der Waals surface area contributed by atoms with Crippen LogP contribution in [0.2, 0.25) is 0 Å². The lowest BCUT2D eigenvalue weighted by Crippen LogP contribution is -2.45. The van der Waals surface area contributed by atoms with E-state index in [2.05, 4.69) is 5.32 Å². The Morgan fingerprint density at radius 1 is 1.11 bits per heavy atom. The van der Waals surface area contributed by atoms with E-state index in [1.165, 1.54) is 19.1 Å². The summed E-state index contributed by atoms with van der Waals surface area (Å²) in [5, 5.41) is 2.67. The molecule has 2 aromatic rings. The molecule has 144 valence electrons. The second-order valence-corrected chi connectivity index (χ2v) is 7.92. The molecule has 0 spiro atoms. The Kier molecular flexibility index (Phi) is 5.22. The zero-order valence-corrected chi connectivity index (χ0v) is 15.6. The maximum atomic E-state index is 13.2. The van der Waals surface area contributed by atoms with Crippen molar-refractivity contribution in [3.8, 4) is 11.5 Å². The Balaban J connectivity index is 1.82. The van der Waals surface area contributed by atoms with Gasteiger partial charge in [0.1, 0.15) is 25.1 Å². The van der Waals surface area contributed by atoms with E-state index in [1.807, 2.05) is 0 Å². The second-order valence-electron chi connectivity index (χ2n) is 6.06. The van der Waals surface area contributed by atoms with Crippen LogP contribution in [0.3, 0.4) is 0 Å². The molecular weight excluding hydrogens is 375 g/mol. The van der Waals surface area contributed by atoms with Gasteiger partial charge in [-0.05, 0) is 43.3 Å². The number of nitrogens with one attached hydrogen (secondary N) is 1.